The summed E-state index contributed by atoms with van der Waals surface area (Å²) in [4.78, 5) is 0. The number of hydrogen-bond donors (Lipinski definition) is 1. The van der Waals surface area contributed by atoms with E-state index in [0.29, 0.717) is 5.92 Å². The molecule has 0 aliphatic rings. The van der Waals surface area contributed by atoms with Crippen molar-refractivity contribution in [1.29, 1.82) is 0 Å². The van der Waals surface area contributed by atoms with E-state index >= 15 is 0 Å². The molecule has 0 saturated carbocycles. The molecular weight excluding hydrogens is 320 g/mol. The van der Waals surface area contributed by atoms with Crippen LogP contribution in [0.3, 0.4) is 0 Å². The molecule has 0 radical (unpaired) electrons. The van der Waals surface area contributed by atoms with Gasteiger partial charge in [0.15, 0.2) is 0 Å². The van der Waals surface area contributed by atoms with E-state index < -0.39 is 0 Å². The lowest BCUT2D eigenvalue weighted by Gasteiger charge is -2.21. The Morgan fingerprint density at radius 1 is 1.20 bits per heavy atom. The van der Waals surface area contributed by atoms with Gasteiger partial charge in [-0.25, -0.2) is 0 Å². The molecule has 0 spiro atoms. The minimum atomic E-state index is -0.383. The van der Waals surface area contributed by atoms with E-state index in [0.717, 1.165) is 27.4 Å². The van der Waals surface area contributed by atoms with Crippen LogP contribution in [0.25, 0.3) is 0 Å². The number of aliphatic hydroxyl groups is 1. The van der Waals surface area contributed by atoms with Gasteiger partial charge >= 0.3 is 0 Å². The summed E-state index contributed by atoms with van der Waals surface area (Å²) in [6.07, 6.45) is 1.61. The third-order valence-corrected chi connectivity index (χ3v) is 3.99. The molecule has 1 rings (SSSR count). The monoisotopic (exact) mass is 334 g/mol. The van der Waals surface area contributed by atoms with Crippen LogP contribution in [0.5, 0.6) is 0 Å². The summed E-state index contributed by atoms with van der Waals surface area (Å²) >= 11 is 6.90. The molecule has 1 N–H and O–H groups in total. The van der Waals surface area contributed by atoms with Crippen molar-refractivity contribution in [1.82, 2.24) is 0 Å². The zero-order valence-electron chi connectivity index (χ0n) is 9.00. The average Bonchev–Trinajstić information content (AvgIpc) is 2.23. The van der Waals surface area contributed by atoms with Crippen LogP contribution < -0.4 is 0 Å². The van der Waals surface area contributed by atoms with E-state index in [4.69, 9.17) is 0 Å². The number of halogens is 2. The smallest absolute Gasteiger partial charge is 0.0829 e. The fourth-order valence-electron chi connectivity index (χ4n) is 1.73. The van der Waals surface area contributed by atoms with Crippen LogP contribution in [0.15, 0.2) is 27.1 Å². The SMILES string of the molecule is CCC(CC)C(O)c1cc(Br)ccc1Br. The van der Waals surface area contributed by atoms with E-state index in [1.54, 1.807) is 0 Å². The number of benzene rings is 1. The van der Waals surface area contributed by atoms with Crippen molar-refractivity contribution in [2.24, 2.45) is 5.92 Å². The summed E-state index contributed by atoms with van der Waals surface area (Å²) in [6, 6.07) is 5.91. The van der Waals surface area contributed by atoms with E-state index in [1.165, 1.54) is 0 Å². The van der Waals surface area contributed by atoms with Gasteiger partial charge < -0.3 is 5.11 Å². The van der Waals surface area contributed by atoms with Crippen molar-refractivity contribution < 1.29 is 5.11 Å². The van der Waals surface area contributed by atoms with Gasteiger partial charge in [-0.1, -0.05) is 58.5 Å². The largest absolute Gasteiger partial charge is 0.388 e. The first-order valence-electron chi connectivity index (χ1n) is 5.23. The molecule has 0 fully saturated rings. The molecule has 3 heteroatoms. The fraction of sp³-hybridized carbons (Fsp3) is 0.500. The van der Waals surface area contributed by atoms with Crippen molar-refractivity contribution in [3.05, 3.63) is 32.7 Å². The minimum absolute atomic E-state index is 0.329. The van der Waals surface area contributed by atoms with Gasteiger partial charge in [0.2, 0.25) is 0 Å². The van der Waals surface area contributed by atoms with Crippen LogP contribution in [-0.4, -0.2) is 5.11 Å². The number of aliphatic hydroxyl groups excluding tert-OH is 1. The maximum absolute atomic E-state index is 10.2. The predicted molar refractivity (Wildman–Crippen MR) is 70.9 cm³/mol. The molecule has 0 bridgehead atoms. The minimum Gasteiger partial charge on any atom is -0.388 e. The molecule has 1 atom stereocenters. The molecule has 15 heavy (non-hydrogen) atoms. The molecule has 1 aromatic rings. The molecule has 0 heterocycles. The van der Waals surface area contributed by atoms with Crippen LogP contribution in [0.4, 0.5) is 0 Å². The van der Waals surface area contributed by atoms with Crippen molar-refractivity contribution in [3.8, 4) is 0 Å². The van der Waals surface area contributed by atoms with Crippen molar-refractivity contribution in [2.75, 3.05) is 0 Å². The van der Waals surface area contributed by atoms with Gasteiger partial charge in [-0.2, -0.15) is 0 Å². The zero-order valence-corrected chi connectivity index (χ0v) is 12.2. The predicted octanol–water partition coefficient (Wildman–Crippen LogP) is 4.68. The lowest BCUT2D eigenvalue weighted by atomic mass is 9.91. The van der Waals surface area contributed by atoms with E-state index in [2.05, 4.69) is 45.7 Å². The second-order valence-corrected chi connectivity index (χ2v) is 5.46. The van der Waals surface area contributed by atoms with Crippen LogP contribution >= 0.6 is 31.9 Å². The molecule has 1 nitrogen and oxygen atoms in total. The summed E-state index contributed by atoms with van der Waals surface area (Å²) in [5.74, 6) is 0.329. The second-order valence-electron chi connectivity index (χ2n) is 3.69. The molecule has 1 unspecified atom stereocenters. The van der Waals surface area contributed by atoms with Gasteiger partial charge in [0.25, 0.3) is 0 Å². The van der Waals surface area contributed by atoms with Crippen molar-refractivity contribution in [3.63, 3.8) is 0 Å². The Balaban J connectivity index is 2.98. The highest BCUT2D eigenvalue weighted by molar-refractivity contribution is 9.11. The van der Waals surface area contributed by atoms with Gasteiger partial charge in [0.05, 0.1) is 6.10 Å². The molecule has 0 aromatic heterocycles. The van der Waals surface area contributed by atoms with Gasteiger partial charge in [0.1, 0.15) is 0 Å². The molecule has 1 aromatic carbocycles. The second kappa shape index (κ2) is 6.02. The van der Waals surface area contributed by atoms with Crippen LogP contribution in [0.1, 0.15) is 38.4 Å². The zero-order chi connectivity index (χ0) is 11.4. The summed E-state index contributed by atoms with van der Waals surface area (Å²) in [6.45, 7) is 4.23. The number of rotatable bonds is 4. The van der Waals surface area contributed by atoms with Crippen molar-refractivity contribution >= 4 is 31.9 Å². The van der Waals surface area contributed by atoms with E-state index in [-0.39, 0.29) is 6.10 Å². The highest BCUT2D eigenvalue weighted by atomic mass is 79.9. The molecule has 84 valence electrons. The number of hydrogen-bond acceptors (Lipinski definition) is 1. The Labute approximate surface area is 108 Å². The summed E-state index contributed by atoms with van der Waals surface area (Å²) in [5, 5.41) is 10.2. The van der Waals surface area contributed by atoms with Crippen LogP contribution in [0, 0.1) is 5.92 Å². The molecule has 0 aliphatic carbocycles. The molecule has 0 amide bonds. The molecule has 0 aliphatic heterocycles. The Bertz CT molecular complexity index is 321. The van der Waals surface area contributed by atoms with E-state index in [9.17, 15) is 5.11 Å². The highest BCUT2D eigenvalue weighted by Gasteiger charge is 2.19. The van der Waals surface area contributed by atoms with Crippen molar-refractivity contribution in [2.45, 2.75) is 32.8 Å². The normalized spacial score (nSPS) is 13.2. The van der Waals surface area contributed by atoms with Gasteiger partial charge in [-0.3, -0.25) is 0 Å². The first-order chi connectivity index (χ1) is 7.10. The quantitative estimate of drug-likeness (QED) is 0.846. The lowest BCUT2D eigenvalue weighted by molar-refractivity contribution is 0.102. The Morgan fingerprint density at radius 3 is 2.33 bits per heavy atom. The maximum atomic E-state index is 10.2. The third kappa shape index (κ3) is 3.30. The summed E-state index contributed by atoms with van der Waals surface area (Å²) in [5.41, 5.74) is 0.970. The van der Waals surface area contributed by atoms with E-state index in [1.807, 2.05) is 18.2 Å². The molecule has 0 saturated heterocycles. The lowest BCUT2D eigenvalue weighted by Crippen LogP contribution is -2.11. The van der Waals surface area contributed by atoms with Crippen LogP contribution in [0.2, 0.25) is 0 Å². The maximum Gasteiger partial charge on any atom is 0.0829 e. The standard InChI is InChI=1S/C12H16Br2O/c1-3-8(4-2)12(15)10-7-9(13)5-6-11(10)14/h5-8,12,15H,3-4H2,1-2H3. The highest BCUT2D eigenvalue weighted by Crippen LogP contribution is 2.33. The first kappa shape index (κ1) is 13.2. The Kier molecular flexibility index (Phi) is 5.30. The van der Waals surface area contributed by atoms with Gasteiger partial charge in [-0.05, 0) is 29.7 Å². The Hall–Kier alpha value is 0.140. The third-order valence-electron chi connectivity index (χ3n) is 2.77. The van der Waals surface area contributed by atoms with Gasteiger partial charge in [-0.15, -0.1) is 0 Å². The average molecular weight is 336 g/mol. The Morgan fingerprint density at radius 2 is 1.80 bits per heavy atom. The topological polar surface area (TPSA) is 20.2 Å². The summed E-state index contributed by atoms with van der Waals surface area (Å²) in [7, 11) is 0. The summed E-state index contributed by atoms with van der Waals surface area (Å²) < 4.78 is 1.98. The molecular formula is C12H16Br2O. The van der Waals surface area contributed by atoms with Gasteiger partial charge in [0, 0.05) is 8.95 Å². The van der Waals surface area contributed by atoms with Crippen LogP contribution in [-0.2, 0) is 0 Å². The fourth-order valence-corrected chi connectivity index (χ4v) is 2.59. The first-order valence-corrected chi connectivity index (χ1v) is 6.81.